The van der Waals surface area contributed by atoms with Crippen LogP contribution in [0.15, 0.2) is 70.9 Å². The summed E-state index contributed by atoms with van der Waals surface area (Å²) in [5.41, 5.74) is 1.58. The molecule has 1 amide bonds. The second kappa shape index (κ2) is 9.32. The maximum absolute atomic E-state index is 13.7. The number of aromatic nitrogens is 1. The number of rotatable bonds is 7. The summed E-state index contributed by atoms with van der Waals surface area (Å²) in [5.74, 6) is -0.290. The molecule has 0 fully saturated rings. The van der Waals surface area contributed by atoms with Gasteiger partial charge in [0.2, 0.25) is 5.91 Å². The molecule has 176 valence electrons. The van der Waals surface area contributed by atoms with Crippen molar-refractivity contribution in [1.82, 2.24) is 3.97 Å². The van der Waals surface area contributed by atoms with Crippen molar-refractivity contribution >= 4 is 49.8 Å². The standard InChI is InChI=1S/C24H22N2O6S2/c1-16(27)25(2)18-8-10-20(11-9-18)32-15-19-14-17-6-4-5-7-21(17)26(19)34(29,30)22-12-13-33-23(22)24(28)31-3/h4-14H,15H2,1-3H3. The quantitative estimate of drug-likeness (QED) is 0.353. The van der Waals surface area contributed by atoms with Gasteiger partial charge in [-0.3, -0.25) is 4.79 Å². The zero-order chi connectivity index (χ0) is 24.5. The summed E-state index contributed by atoms with van der Waals surface area (Å²) in [6, 6.07) is 17.1. The number of thiophene rings is 1. The lowest BCUT2D eigenvalue weighted by atomic mass is 10.2. The highest BCUT2D eigenvalue weighted by Gasteiger charge is 2.29. The van der Waals surface area contributed by atoms with Crippen molar-refractivity contribution in [2.45, 2.75) is 18.4 Å². The average molecular weight is 499 g/mol. The summed E-state index contributed by atoms with van der Waals surface area (Å²) < 4.78 is 39.2. The van der Waals surface area contributed by atoms with E-state index in [1.807, 2.05) is 12.1 Å². The Labute approximate surface area is 201 Å². The minimum Gasteiger partial charge on any atom is -0.487 e. The number of fused-ring (bicyclic) bond motifs is 1. The van der Waals surface area contributed by atoms with Crippen LogP contribution in [0.4, 0.5) is 5.69 Å². The van der Waals surface area contributed by atoms with Crippen LogP contribution in [0.2, 0.25) is 0 Å². The van der Waals surface area contributed by atoms with E-state index in [0.29, 0.717) is 22.6 Å². The highest BCUT2D eigenvalue weighted by molar-refractivity contribution is 7.90. The first-order valence-electron chi connectivity index (χ1n) is 10.2. The van der Waals surface area contributed by atoms with E-state index in [4.69, 9.17) is 9.47 Å². The number of hydrogen-bond acceptors (Lipinski definition) is 7. The van der Waals surface area contributed by atoms with Gasteiger partial charge in [0.25, 0.3) is 10.0 Å². The van der Waals surface area contributed by atoms with Gasteiger partial charge in [0, 0.05) is 25.0 Å². The number of benzene rings is 2. The first kappa shape index (κ1) is 23.5. The molecule has 0 bridgehead atoms. The second-order valence-corrected chi connectivity index (χ2v) is 10.1. The molecule has 2 heterocycles. The van der Waals surface area contributed by atoms with Gasteiger partial charge in [0.05, 0.1) is 18.3 Å². The number of esters is 1. The van der Waals surface area contributed by atoms with Gasteiger partial charge in [-0.1, -0.05) is 18.2 Å². The number of amides is 1. The molecule has 8 nitrogen and oxygen atoms in total. The number of anilines is 1. The van der Waals surface area contributed by atoms with Crippen LogP contribution >= 0.6 is 11.3 Å². The minimum atomic E-state index is -4.13. The van der Waals surface area contributed by atoms with E-state index in [2.05, 4.69) is 0 Å². The van der Waals surface area contributed by atoms with Gasteiger partial charge in [-0.2, -0.15) is 0 Å². The second-order valence-electron chi connectivity index (χ2n) is 7.43. The molecule has 4 rings (SSSR count). The molecule has 0 saturated carbocycles. The third-order valence-corrected chi connectivity index (χ3v) is 8.17. The molecule has 0 saturated heterocycles. The van der Waals surface area contributed by atoms with E-state index < -0.39 is 16.0 Å². The van der Waals surface area contributed by atoms with Crippen molar-refractivity contribution in [2.24, 2.45) is 0 Å². The fourth-order valence-corrected chi connectivity index (χ4v) is 6.36. The van der Waals surface area contributed by atoms with Crippen LogP contribution in [-0.2, 0) is 26.2 Å². The Morgan fingerprint density at radius 2 is 1.76 bits per heavy atom. The summed E-state index contributed by atoms with van der Waals surface area (Å²) in [5, 5.41) is 2.26. The van der Waals surface area contributed by atoms with Crippen molar-refractivity contribution in [1.29, 1.82) is 0 Å². The average Bonchev–Trinajstić information content (AvgIpc) is 3.47. The van der Waals surface area contributed by atoms with Crippen LogP contribution < -0.4 is 9.64 Å². The molecule has 0 spiro atoms. The van der Waals surface area contributed by atoms with Gasteiger partial charge in [-0.05, 0) is 47.8 Å². The van der Waals surface area contributed by atoms with Crippen LogP contribution in [0, 0.1) is 0 Å². The number of carbonyl (C=O) groups is 2. The van der Waals surface area contributed by atoms with Gasteiger partial charge in [-0.25, -0.2) is 17.2 Å². The first-order valence-corrected chi connectivity index (χ1v) is 12.5. The monoisotopic (exact) mass is 498 g/mol. The molecular weight excluding hydrogens is 476 g/mol. The molecule has 4 aromatic rings. The molecule has 0 aliphatic heterocycles. The summed E-state index contributed by atoms with van der Waals surface area (Å²) in [7, 11) is -1.24. The Bertz CT molecular complexity index is 1470. The highest BCUT2D eigenvalue weighted by Crippen LogP contribution is 2.31. The Balaban J connectivity index is 1.71. The van der Waals surface area contributed by atoms with Crippen molar-refractivity contribution in [3.05, 3.63) is 76.6 Å². The fourth-order valence-electron chi connectivity index (χ4n) is 3.52. The molecule has 0 unspecified atom stereocenters. The smallest absolute Gasteiger partial charge is 0.349 e. The third-order valence-electron chi connectivity index (χ3n) is 5.34. The number of nitrogens with zero attached hydrogens (tertiary/aromatic N) is 2. The Kier molecular flexibility index (Phi) is 6.45. The molecular formula is C24H22N2O6S2. The molecule has 2 aromatic heterocycles. The van der Waals surface area contributed by atoms with Crippen LogP contribution in [0.1, 0.15) is 22.3 Å². The van der Waals surface area contributed by atoms with Crippen molar-refractivity contribution in [3.63, 3.8) is 0 Å². The Morgan fingerprint density at radius 1 is 1.06 bits per heavy atom. The van der Waals surface area contributed by atoms with E-state index in [9.17, 15) is 18.0 Å². The maximum Gasteiger partial charge on any atom is 0.349 e. The molecule has 0 radical (unpaired) electrons. The van der Waals surface area contributed by atoms with Crippen molar-refractivity contribution in [3.8, 4) is 5.75 Å². The minimum absolute atomic E-state index is 0.0114. The first-order chi connectivity index (χ1) is 16.2. The predicted octanol–water partition coefficient (Wildman–Crippen LogP) is 4.29. The molecule has 0 aliphatic rings. The van der Waals surface area contributed by atoms with Crippen LogP contribution in [0.5, 0.6) is 5.75 Å². The molecule has 2 aromatic carbocycles. The summed E-state index contributed by atoms with van der Waals surface area (Å²) in [6.07, 6.45) is 0. The normalized spacial score (nSPS) is 11.4. The van der Waals surface area contributed by atoms with Gasteiger partial charge in [0.1, 0.15) is 22.1 Å². The third kappa shape index (κ3) is 4.29. The van der Waals surface area contributed by atoms with Crippen LogP contribution in [0.3, 0.4) is 0 Å². The van der Waals surface area contributed by atoms with Gasteiger partial charge < -0.3 is 14.4 Å². The SMILES string of the molecule is COC(=O)c1sccc1S(=O)(=O)n1c(COc2ccc(N(C)C(C)=O)cc2)cc2ccccc21. The predicted molar refractivity (Wildman–Crippen MR) is 130 cm³/mol. The topological polar surface area (TPSA) is 94.9 Å². The van der Waals surface area contributed by atoms with E-state index in [1.165, 1.54) is 29.0 Å². The van der Waals surface area contributed by atoms with E-state index >= 15 is 0 Å². The van der Waals surface area contributed by atoms with Crippen molar-refractivity contribution in [2.75, 3.05) is 19.1 Å². The number of carbonyl (C=O) groups excluding carboxylic acids is 2. The number of methoxy groups -OCH3 is 1. The van der Waals surface area contributed by atoms with Crippen molar-refractivity contribution < 1.29 is 27.5 Å². The maximum atomic E-state index is 13.7. The summed E-state index contributed by atoms with van der Waals surface area (Å²) >= 11 is 1.01. The zero-order valence-corrected chi connectivity index (χ0v) is 20.4. The zero-order valence-electron chi connectivity index (χ0n) is 18.7. The Morgan fingerprint density at radius 3 is 2.44 bits per heavy atom. The number of para-hydroxylation sites is 1. The van der Waals surface area contributed by atoms with E-state index in [-0.39, 0.29) is 22.3 Å². The lowest BCUT2D eigenvalue weighted by molar-refractivity contribution is -0.116. The molecule has 10 heteroatoms. The van der Waals surface area contributed by atoms with Gasteiger partial charge >= 0.3 is 5.97 Å². The van der Waals surface area contributed by atoms with Crippen LogP contribution in [0.25, 0.3) is 10.9 Å². The highest BCUT2D eigenvalue weighted by atomic mass is 32.2. The summed E-state index contributed by atoms with van der Waals surface area (Å²) in [4.78, 5) is 25.1. The molecule has 0 N–H and O–H groups in total. The Hall–Kier alpha value is -3.63. The number of hydrogen-bond donors (Lipinski definition) is 0. The summed E-state index contributed by atoms with van der Waals surface area (Å²) in [6.45, 7) is 1.44. The fraction of sp³-hybridized carbons (Fsp3) is 0.167. The van der Waals surface area contributed by atoms with E-state index in [0.717, 1.165) is 16.7 Å². The molecule has 34 heavy (non-hydrogen) atoms. The lowest BCUT2D eigenvalue weighted by Gasteiger charge is -2.16. The largest absolute Gasteiger partial charge is 0.487 e. The molecule has 0 atom stereocenters. The molecule has 0 aliphatic carbocycles. The van der Waals surface area contributed by atoms with Gasteiger partial charge in [-0.15, -0.1) is 11.3 Å². The van der Waals surface area contributed by atoms with E-state index in [1.54, 1.807) is 54.9 Å². The van der Waals surface area contributed by atoms with Gasteiger partial charge in [0.15, 0.2) is 0 Å². The van der Waals surface area contributed by atoms with Crippen LogP contribution in [-0.4, -0.2) is 38.4 Å². The number of ether oxygens (including phenoxy) is 2. The lowest BCUT2D eigenvalue weighted by Crippen LogP contribution is -2.22.